The number of rotatable bonds is 2. The Morgan fingerprint density at radius 3 is 3.00 bits per heavy atom. The second kappa shape index (κ2) is 3.44. The van der Waals surface area contributed by atoms with Crippen LogP contribution in [0.3, 0.4) is 0 Å². The smallest absolute Gasteiger partial charge is 0.325 e. The van der Waals surface area contributed by atoms with Gasteiger partial charge < -0.3 is 9.30 Å². The van der Waals surface area contributed by atoms with E-state index >= 15 is 0 Å². The molecule has 0 amide bonds. The third-order valence-corrected chi connectivity index (χ3v) is 1.64. The summed E-state index contributed by atoms with van der Waals surface area (Å²) in [6.45, 7) is 0.169. The van der Waals surface area contributed by atoms with Crippen LogP contribution in [0.1, 0.15) is 0 Å². The predicted octanol–water partition coefficient (Wildman–Crippen LogP) is 1.31. The van der Waals surface area contributed by atoms with Crippen LogP contribution < -0.4 is 0 Å². The monoisotopic (exact) mass is 173 g/mol. The van der Waals surface area contributed by atoms with Crippen LogP contribution in [-0.2, 0) is 16.1 Å². The molecule has 0 fully saturated rings. The molecule has 0 bridgehead atoms. The number of carbonyl (C=O) groups is 1. The first-order chi connectivity index (χ1) is 5.24. The number of esters is 1. The topological polar surface area (TPSA) is 31.2 Å². The van der Waals surface area contributed by atoms with Gasteiger partial charge in [-0.2, -0.15) is 0 Å². The molecule has 0 saturated carbocycles. The van der Waals surface area contributed by atoms with E-state index in [0.717, 1.165) is 0 Å². The summed E-state index contributed by atoms with van der Waals surface area (Å²) >= 11 is 5.70. The minimum atomic E-state index is -0.303. The summed E-state index contributed by atoms with van der Waals surface area (Å²) in [5.74, 6) is -0.303. The van der Waals surface area contributed by atoms with Crippen molar-refractivity contribution >= 4 is 17.6 Å². The maximum Gasteiger partial charge on any atom is 0.325 e. The Bertz CT molecular complexity index is 257. The zero-order chi connectivity index (χ0) is 8.27. The van der Waals surface area contributed by atoms with Crippen molar-refractivity contribution in [2.24, 2.45) is 0 Å². The van der Waals surface area contributed by atoms with Gasteiger partial charge in [-0.15, -0.1) is 0 Å². The van der Waals surface area contributed by atoms with Gasteiger partial charge in [-0.25, -0.2) is 0 Å². The molecule has 0 radical (unpaired) electrons. The molecular weight excluding hydrogens is 166 g/mol. The van der Waals surface area contributed by atoms with Gasteiger partial charge in [0.15, 0.2) is 0 Å². The summed E-state index contributed by atoms with van der Waals surface area (Å²) in [5.41, 5.74) is 0. The summed E-state index contributed by atoms with van der Waals surface area (Å²) in [5, 5.41) is 0.537. The maximum absolute atomic E-state index is 10.7. The summed E-state index contributed by atoms with van der Waals surface area (Å²) in [7, 11) is 1.35. The van der Waals surface area contributed by atoms with Gasteiger partial charge in [-0.1, -0.05) is 11.6 Å². The lowest BCUT2D eigenvalue weighted by Crippen LogP contribution is -2.10. The number of hydrogen-bond donors (Lipinski definition) is 0. The fraction of sp³-hybridized carbons (Fsp3) is 0.286. The minimum absolute atomic E-state index is 0.169. The molecule has 0 unspecified atom stereocenters. The molecule has 4 heteroatoms. The molecular formula is C7H8ClNO2. The average molecular weight is 174 g/mol. The van der Waals surface area contributed by atoms with Gasteiger partial charge in [0.1, 0.15) is 11.7 Å². The van der Waals surface area contributed by atoms with Crippen molar-refractivity contribution in [2.75, 3.05) is 7.11 Å². The van der Waals surface area contributed by atoms with E-state index in [2.05, 4.69) is 4.74 Å². The quantitative estimate of drug-likeness (QED) is 0.632. The van der Waals surface area contributed by atoms with Crippen LogP contribution in [0, 0.1) is 0 Å². The maximum atomic E-state index is 10.7. The zero-order valence-electron chi connectivity index (χ0n) is 6.08. The lowest BCUT2D eigenvalue weighted by Gasteiger charge is -2.01. The Balaban J connectivity index is 2.64. The van der Waals surface area contributed by atoms with Crippen molar-refractivity contribution < 1.29 is 9.53 Å². The highest BCUT2D eigenvalue weighted by molar-refractivity contribution is 6.29. The van der Waals surface area contributed by atoms with Gasteiger partial charge in [0, 0.05) is 6.20 Å². The highest BCUT2D eigenvalue weighted by atomic mass is 35.5. The van der Waals surface area contributed by atoms with Gasteiger partial charge in [0.25, 0.3) is 0 Å². The second-order valence-corrected chi connectivity index (χ2v) is 2.42. The zero-order valence-corrected chi connectivity index (χ0v) is 6.84. The fourth-order valence-electron chi connectivity index (χ4n) is 0.725. The third kappa shape index (κ3) is 1.98. The van der Waals surface area contributed by atoms with Crippen LogP contribution >= 0.6 is 11.6 Å². The fourth-order valence-corrected chi connectivity index (χ4v) is 0.914. The van der Waals surface area contributed by atoms with Crippen LogP contribution in [0.2, 0.25) is 5.15 Å². The second-order valence-electron chi connectivity index (χ2n) is 2.03. The van der Waals surface area contributed by atoms with Crippen molar-refractivity contribution in [1.82, 2.24) is 4.57 Å². The lowest BCUT2D eigenvalue weighted by atomic mass is 10.6. The molecule has 0 aliphatic carbocycles. The third-order valence-electron chi connectivity index (χ3n) is 1.30. The van der Waals surface area contributed by atoms with E-state index in [4.69, 9.17) is 11.6 Å². The van der Waals surface area contributed by atoms with Crippen LogP contribution in [-0.4, -0.2) is 17.6 Å². The van der Waals surface area contributed by atoms with Crippen LogP contribution in [0.4, 0.5) is 0 Å². The molecule has 0 atom stereocenters. The van der Waals surface area contributed by atoms with Gasteiger partial charge in [-0.05, 0) is 12.1 Å². The molecule has 0 aliphatic heterocycles. The molecule has 1 aromatic heterocycles. The minimum Gasteiger partial charge on any atom is -0.468 e. The number of aromatic nitrogens is 1. The summed E-state index contributed by atoms with van der Waals surface area (Å²) < 4.78 is 6.06. The Labute approximate surface area is 69.5 Å². The van der Waals surface area contributed by atoms with E-state index in [0.29, 0.717) is 5.15 Å². The predicted molar refractivity (Wildman–Crippen MR) is 41.5 cm³/mol. The highest BCUT2D eigenvalue weighted by Gasteiger charge is 2.02. The number of hydrogen-bond acceptors (Lipinski definition) is 2. The van der Waals surface area contributed by atoms with Gasteiger partial charge in [0.05, 0.1) is 7.11 Å². The molecule has 0 N–H and O–H groups in total. The molecule has 1 aromatic rings. The Morgan fingerprint density at radius 2 is 2.55 bits per heavy atom. The summed E-state index contributed by atoms with van der Waals surface area (Å²) in [6, 6.07) is 3.48. The highest BCUT2D eigenvalue weighted by Crippen LogP contribution is 2.08. The van der Waals surface area contributed by atoms with Crippen LogP contribution in [0.25, 0.3) is 0 Å². The first-order valence-electron chi connectivity index (χ1n) is 3.11. The van der Waals surface area contributed by atoms with E-state index in [1.807, 2.05) is 0 Å². The van der Waals surface area contributed by atoms with E-state index < -0.39 is 0 Å². The lowest BCUT2D eigenvalue weighted by molar-refractivity contribution is -0.141. The van der Waals surface area contributed by atoms with Gasteiger partial charge in [0.2, 0.25) is 0 Å². The molecule has 0 saturated heterocycles. The number of carbonyl (C=O) groups excluding carboxylic acids is 1. The van der Waals surface area contributed by atoms with Crippen molar-refractivity contribution in [1.29, 1.82) is 0 Å². The molecule has 11 heavy (non-hydrogen) atoms. The number of nitrogens with zero attached hydrogens (tertiary/aromatic N) is 1. The molecule has 60 valence electrons. The molecule has 0 spiro atoms. The van der Waals surface area contributed by atoms with Gasteiger partial charge >= 0.3 is 5.97 Å². The van der Waals surface area contributed by atoms with Crippen LogP contribution in [0.15, 0.2) is 18.3 Å². The van der Waals surface area contributed by atoms with E-state index in [-0.39, 0.29) is 12.5 Å². The van der Waals surface area contributed by atoms with Crippen LogP contribution in [0.5, 0.6) is 0 Å². The first-order valence-corrected chi connectivity index (χ1v) is 3.49. The summed E-state index contributed by atoms with van der Waals surface area (Å²) in [6.07, 6.45) is 1.72. The number of methoxy groups -OCH3 is 1. The Hall–Kier alpha value is -0.960. The van der Waals surface area contributed by atoms with Crippen molar-refractivity contribution in [2.45, 2.75) is 6.54 Å². The normalized spacial score (nSPS) is 9.64. The first kappa shape index (κ1) is 8.14. The molecule has 1 heterocycles. The number of ether oxygens (including phenoxy) is 1. The molecule has 1 rings (SSSR count). The van der Waals surface area contributed by atoms with Gasteiger partial charge in [-0.3, -0.25) is 4.79 Å². The Kier molecular flexibility index (Phi) is 2.54. The standard InChI is InChI=1S/C7H8ClNO2/c1-11-7(10)5-9-4-2-3-6(9)8/h2-4H,5H2,1H3. The average Bonchev–Trinajstić information content (AvgIpc) is 2.37. The van der Waals surface area contributed by atoms with E-state index in [1.54, 1.807) is 22.9 Å². The SMILES string of the molecule is COC(=O)Cn1cccc1Cl. The molecule has 3 nitrogen and oxygen atoms in total. The number of halogens is 1. The summed E-state index contributed by atoms with van der Waals surface area (Å²) in [4.78, 5) is 10.7. The molecule has 0 aliphatic rings. The van der Waals surface area contributed by atoms with Crippen molar-refractivity contribution in [3.8, 4) is 0 Å². The van der Waals surface area contributed by atoms with Crippen molar-refractivity contribution in [3.05, 3.63) is 23.5 Å². The molecule has 0 aromatic carbocycles. The largest absolute Gasteiger partial charge is 0.468 e. The Morgan fingerprint density at radius 1 is 1.82 bits per heavy atom. The van der Waals surface area contributed by atoms with E-state index in [9.17, 15) is 4.79 Å². The van der Waals surface area contributed by atoms with E-state index in [1.165, 1.54) is 7.11 Å². The van der Waals surface area contributed by atoms with Crippen molar-refractivity contribution in [3.63, 3.8) is 0 Å².